The largest absolute Gasteiger partial charge is 0.496 e. The molecule has 0 amide bonds. The number of nitrogens with zero attached hydrogens (tertiary/aromatic N) is 1. The molecule has 0 saturated heterocycles. The second kappa shape index (κ2) is 6.64. The Balaban J connectivity index is 1.74. The van der Waals surface area contributed by atoms with E-state index < -0.39 is 0 Å². The summed E-state index contributed by atoms with van der Waals surface area (Å²) in [5, 5.41) is 8.58. The normalized spacial score (nSPS) is 27.4. The van der Waals surface area contributed by atoms with Gasteiger partial charge in [-0.3, -0.25) is 4.79 Å². The number of hydrogen-bond acceptors (Lipinski definition) is 4. The van der Waals surface area contributed by atoms with Crippen LogP contribution < -0.4 is 0 Å². The Bertz CT molecular complexity index is 632. The summed E-state index contributed by atoms with van der Waals surface area (Å²) in [5.74, 6) is 0.0443. The third kappa shape index (κ3) is 3.08. The third-order valence-electron chi connectivity index (χ3n) is 4.25. The fraction of sp³-hybridized carbons (Fsp3) is 0.412. The molecule has 0 aromatic heterocycles. The fourth-order valence-corrected chi connectivity index (χ4v) is 3.37. The predicted molar refractivity (Wildman–Crippen MR) is 84.7 cm³/mol. The van der Waals surface area contributed by atoms with Crippen LogP contribution in [0.25, 0.3) is 5.57 Å². The van der Waals surface area contributed by atoms with Crippen molar-refractivity contribution >= 4 is 27.3 Å². The minimum atomic E-state index is -0.135. The molecule has 3 atom stereocenters. The maximum Gasteiger partial charge on any atom is 0.173 e. The molecule has 114 valence electrons. The number of ether oxygens (including phenoxy) is 2. The average molecular weight is 362 g/mol. The van der Waals surface area contributed by atoms with Crippen LogP contribution in [0.2, 0.25) is 0 Å². The average Bonchev–Trinajstić information content (AvgIpc) is 2.54. The van der Waals surface area contributed by atoms with E-state index in [9.17, 15) is 4.79 Å². The summed E-state index contributed by atoms with van der Waals surface area (Å²) >= 11 is 3.39. The van der Waals surface area contributed by atoms with Gasteiger partial charge in [-0.2, -0.15) is 5.26 Å². The number of rotatable bonds is 3. The van der Waals surface area contributed by atoms with E-state index in [1.165, 1.54) is 0 Å². The zero-order valence-corrected chi connectivity index (χ0v) is 13.6. The van der Waals surface area contributed by atoms with Crippen LogP contribution >= 0.6 is 15.9 Å². The zero-order valence-electron chi connectivity index (χ0n) is 12.0. The van der Waals surface area contributed by atoms with Crippen LogP contribution in [0.1, 0.15) is 24.8 Å². The summed E-state index contributed by atoms with van der Waals surface area (Å²) in [5.41, 5.74) is 1.53. The molecule has 1 aliphatic carbocycles. The number of halogens is 1. The molecule has 1 fully saturated rings. The third-order valence-corrected chi connectivity index (χ3v) is 4.77. The first kappa shape index (κ1) is 15.3. The summed E-state index contributed by atoms with van der Waals surface area (Å²) < 4.78 is 12.2. The summed E-state index contributed by atoms with van der Waals surface area (Å²) in [6.07, 6.45) is 3.67. The van der Waals surface area contributed by atoms with Crippen LogP contribution in [-0.2, 0) is 14.3 Å². The molecular weight excluding hydrogens is 346 g/mol. The van der Waals surface area contributed by atoms with Gasteiger partial charge >= 0.3 is 0 Å². The van der Waals surface area contributed by atoms with E-state index in [-0.39, 0.29) is 30.5 Å². The lowest BCUT2D eigenvalue weighted by Gasteiger charge is -2.37. The molecule has 1 aliphatic heterocycles. The van der Waals surface area contributed by atoms with Crippen molar-refractivity contribution in [2.24, 2.45) is 5.92 Å². The van der Waals surface area contributed by atoms with E-state index in [0.717, 1.165) is 22.9 Å². The molecule has 3 rings (SSSR count). The number of carbonyl (C=O) groups excluding carboxylic acids is 1. The smallest absolute Gasteiger partial charge is 0.173 e. The van der Waals surface area contributed by atoms with Crippen molar-refractivity contribution < 1.29 is 14.3 Å². The Kier molecular flexibility index (Phi) is 4.60. The first-order valence-electron chi connectivity index (χ1n) is 7.33. The van der Waals surface area contributed by atoms with Gasteiger partial charge in [0.2, 0.25) is 0 Å². The van der Waals surface area contributed by atoms with Gasteiger partial charge < -0.3 is 9.47 Å². The van der Waals surface area contributed by atoms with Gasteiger partial charge in [0.1, 0.15) is 12.7 Å². The molecule has 3 unspecified atom stereocenters. The Hall–Kier alpha value is -1.64. The predicted octanol–water partition coefficient (Wildman–Crippen LogP) is 3.47. The molecule has 5 heteroatoms. The van der Waals surface area contributed by atoms with Gasteiger partial charge in [-0.15, -0.1) is 0 Å². The number of carbonyl (C=O) groups is 1. The SMILES string of the molecule is N#CCOC1CCC2C(=O)C(c3ccc(Br)cc3)=COC2C1. The van der Waals surface area contributed by atoms with Gasteiger partial charge in [-0.25, -0.2) is 0 Å². The first-order chi connectivity index (χ1) is 10.7. The molecule has 0 spiro atoms. The minimum absolute atomic E-state index is 0.0105. The molecule has 1 saturated carbocycles. The highest BCUT2D eigenvalue weighted by Crippen LogP contribution is 2.37. The lowest BCUT2D eigenvalue weighted by Crippen LogP contribution is -2.41. The lowest BCUT2D eigenvalue weighted by molar-refractivity contribution is -0.127. The number of Topliss-reactive ketones (excluding diaryl/α,β-unsaturated/α-hetero) is 1. The molecule has 4 nitrogen and oxygen atoms in total. The van der Waals surface area contributed by atoms with E-state index in [4.69, 9.17) is 14.7 Å². The summed E-state index contributed by atoms with van der Waals surface area (Å²) in [4.78, 5) is 12.7. The van der Waals surface area contributed by atoms with Crippen LogP contribution in [0, 0.1) is 17.2 Å². The molecule has 1 heterocycles. The quantitative estimate of drug-likeness (QED) is 0.826. The molecule has 2 aliphatic rings. The van der Waals surface area contributed by atoms with Crippen LogP contribution in [0.15, 0.2) is 35.0 Å². The van der Waals surface area contributed by atoms with Crippen LogP contribution in [0.3, 0.4) is 0 Å². The van der Waals surface area contributed by atoms with Crippen molar-refractivity contribution in [2.75, 3.05) is 6.61 Å². The van der Waals surface area contributed by atoms with Crippen molar-refractivity contribution in [3.05, 3.63) is 40.6 Å². The van der Waals surface area contributed by atoms with Gasteiger partial charge in [-0.05, 0) is 30.5 Å². The Labute approximate surface area is 137 Å². The Morgan fingerprint density at radius 3 is 2.82 bits per heavy atom. The number of ketones is 1. The van der Waals surface area contributed by atoms with Crippen molar-refractivity contribution in [1.82, 2.24) is 0 Å². The molecular formula is C17H16BrNO3. The highest BCUT2D eigenvalue weighted by atomic mass is 79.9. The number of nitriles is 1. The maximum absolute atomic E-state index is 12.7. The summed E-state index contributed by atoms with van der Waals surface area (Å²) in [7, 11) is 0. The fourth-order valence-electron chi connectivity index (χ4n) is 3.10. The van der Waals surface area contributed by atoms with Gasteiger partial charge in [0, 0.05) is 10.9 Å². The van der Waals surface area contributed by atoms with Crippen molar-refractivity contribution in [1.29, 1.82) is 5.26 Å². The summed E-state index contributed by atoms with van der Waals surface area (Å²) in [6, 6.07) is 9.65. The number of allylic oxidation sites excluding steroid dienone is 1. The molecule has 22 heavy (non-hydrogen) atoms. The molecule has 0 radical (unpaired) electrons. The number of benzene rings is 1. The van der Waals surface area contributed by atoms with Crippen molar-refractivity contribution in [2.45, 2.75) is 31.5 Å². The van der Waals surface area contributed by atoms with Gasteiger partial charge in [0.05, 0.1) is 29.9 Å². The highest BCUT2D eigenvalue weighted by molar-refractivity contribution is 9.10. The molecule has 1 aromatic carbocycles. The Morgan fingerprint density at radius 1 is 1.32 bits per heavy atom. The lowest BCUT2D eigenvalue weighted by atomic mass is 9.78. The van der Waals surface area contributed by atoms with Crippen LogP contribution in [0.4, 0.5) is 0 Å². The first-order valence-corrected chi connectivity index (χ1v) is 8.12. The second-order valence-corrected chi connectivity index (χ2v) is 6.50. The molecule has 0 bridgehead atoms. The molecule has 0 N–H and O–H groups in total. The van der Waals surface area contributed by atoms with E-state index >= 15 is 0 Å². The maximum atomic E-state index is 12.7. The monoisotopic (exact) mass is 361 g/mol. The van der Waals surface area contributed by atoms with Gasteiger partial charge in [0.25, 0.3) is 0 Å². The highest BCUT2D eigenvalue weighted by Gasteiger charge is 2.40. The second-order valence-electron chi connectivity index (χ2n) is 5.59. The van der Waals surface area contributed by atoms with Crippen molar-refractivity contribution in [3.8, 4) is 6.07 Å². The minimum Gasteiger partial charge on any atom is -0.496 e. The van der Waals surface area contributed by atoms with Crippen LogP contribution in [0.5, 0.6) is 0 Å². The zero-order chi connectivity index (χ0) is 15.5. The topological polar surface area (TPSA) is 59.3 Å². The summed E-state index contributed by atoms with van der Waals surface area (Å²) in [6.45, 7) is 0.0932. The number of fused-ring (bicyclic) bond motifs is 1. The van der Waals surface area contributed by atoms with Gasteiger partial charge in [-0.1, -0.05) is 28.1 Å². The molecule has 1 aromatic rings. The van der Waals surface area contributed by atoms with Crippen LogP contribution in [-0.4, -0.2) is 24.6 Å². The van der Waals surface area contributed by atoms with E-state index in [1.54, 1.807) is 6.26 Å². The van der Waals surface area contributed by atoms with E-state index in [2.05, 4.69) is 15.9 Å². The standard InChI is InChI=1S/C17H16BrNO3/c18-12-3-1-11(2-4-12)15-10-22-16-9-13(21-8-7-19)5-6-14(16)17(15)20/h1-4,10,13-14,16H,5-6,8-9H2. The Morgan fingerprint density at radius 2 is 2.09 bits per heavy atom. The van der Waals surface area contributed by atoms with Gasteiger partial charge in [0.15, 0.2) is 5.78 Å². The van der Waals surface area contributed by atoms with Crippen molar-refractivity contribution in [3.63, 3.8) is 0 Å². The van der Waals surface area contributed by atoms with E-state index in [0.29, 0.717) is 12.0 Å². The number of hydrogen-bond donors (Lipinski definition) is 0. The van der Waals surface area contributed by atoms with E-state index in [1.807, 2.05) is 30.3 Å².